The Kier molecular flexibility index (Phi) is 10.2. The Labute approximate surface area is 119 Å². The first kappa shape index (κ1) is 18.6. The fraction of sp³-hybridized carbons (Fsp3) is 0.857. The van der Waals surface area contributed by atoms with Crippen molar-refractivity contribution in [2.45, 2.75) is 52.1 Å². The molecule has 0 aliphatic heterocycles. The van der Waals surface area contributed by atoms with Crippen LogP contribution in [0.2, 0.25) is 18.1 Å². The van der Waals surface area contributed by atoms with Crippen molar-refractivity contribution in [2.75, 3.05) is 27.4 Å². The molecule has 0 unspecified atom stereocenters. The minimum Gasteiger partial charge on any atom is -0.543 e. The van der Waals surface area contributed by atoms with Crippen LogP contribution >= 0.6 is 0 Å². The first-order valence-corrected chi connectivity index (χ1v) is 9.68. The molecule has 0 amide bonds. The van der Waals surface area contributed by atoms with Crippen molar-refractivity contribution >= 4 is 8.32 Å². The summed E-state index contributed by atoms with van der Waals surface area (Å²) in [6.45, 7) is 9.79. The minimum absolute atomic E-state index is 0.447. The molecule has 0 radical (unpaired) electrons. The molecular formula is C14H30O4Si. The van der Waals surface area contributed by atoms with E-state index in [-0.39, 0.29) is 0 Å². The van der Waals surface area contributed by atoms with E-state index >= 15 is 0 Å². The van der Waals surface area contributed by atoms with E-state index in [9.17, 15) is 0 Å². The second-order valence-electron chi connectivity index (χ2n) is 4.42. The molecule has 0 spiro atoms. The average Bonchev–Trinajstić information content (AvgIpc) is 2.46. The lowest BCUT2D eigenvalue weighted by Crippen LogP contribution is -2.38. The highest BCUT2D eigenvalue weighted by Gasteiger charge is 2.33. The maximum absolute atomic E-state index is 6.35. The summed E-state index contributed by atoms with van der Waals surface area (Å²) < 4.78 is 22.4. The molecule has 0 N–H and O–H groups in total. The molecule has 0 aromatic heterocycles. The Morgan fingerprint density at radius 2 is 1.53 bits per heavy atom. The molecule has 0 bridgehead atoms. The van der Waals surface area contributed by atoms with E-state index in [0.717, 1.165) is 23.9 Å². The molecule has 0 atom stereocenters. The van der Waals surface area contributed by atoms with E-state index in [2.05, 4.69) is 20.8 Å². The van der Waals surface area contributed by atoms with Crippen LogP contribution < -0.4 is 0 Å². The van der Waals surface area contributed by atoms with Crippen LogP contribution in [0.25, 0.3) is 0 Å². The fourth-order valence-corrected chi connectivity index (χ4v) is 4.60. The van der Waals surface area contributed by atoms with Crippen molar-refractivity contribution in [3.05, 3.63) is 11.8 Å². The summed E-state index contributed by atoms with van der Waals surface area (Å²) in [7, 11) is 1.53. The van der Waals surface area contributed by atoms with E-state index in [0.29, 0.717) is 13.2 Å². The van der Waals surface area contributed by atoms with Crippen LogP contribution in [-0.4, -0.2) is 42.0 Å². The first-order valence-electron chi connectivity index (χ1n) is 7.15. The van der Waals surface area contributed by atoms with Crippen molar-refractivity contribution in [2.24, 2.45) is 0 Å². The number of hydrogen-bond acceptors (Lipinski definition) is 4. The van der Waals surface area contributed by atoms with Crippen LogP contribution in [0.1, 0.15) is 27.7 Å². The highest BCUT2D eigenvalue weighted by Crippen LogP contribution is 2.26. The number of rotatable bonds is 11. The third-order valence-electron chi connectivity index (χ3n) is 3.53. The minimum atomic E-state index is -1.72. The lowest BCUT2D eigenvalue weighted by molar-refractivity contribution is -0.0949. The topological polar surface area (TPSA) is 36.9 Å². The Balaban J connectivity index is 4.96. The van der Waals surface area contributed by atoms with E-state index in [1.54, 1.807) is 14.2 Å². The molecule has 0 saturated carbocycles. The summed E-state index contributed by atoms with van der Waals surface area (Å²) in [5.74, 6) is 0.760. The Morgan fingerprint density at radius 3 is 1.89 bits per heavy atom. The molecule has 0 aromatic rings. The summed E-state index contributed by atoms with van der Waals surface area (Å²) in [5.41, 5.74) is 0. The van der Waals surface area contributed by atoms with Crippen LogP contribution in [0.15, 0.2) is 11.8 Å². The molecule has 0 saturated heterocycles. The van der Waals surface area contributed by atoms with Crippen molar-refractivity contribution in [1.29, 1.82) is 0 Å². The van der Waals surface area contributed by atoms with Crippen molar-refractivity contribution in [3.8, 4) is 0 Å². The van der Waals surface area contributed by atoms with Gasteiger partial charge in [-0.2, -0.15) is 0 Å². The molecule has 0 fully saturated rings. The average molecular weight is 290 g/mol. The Bertz CT molecular complexity index is 240. The van der Waals surface area contributed by atoms with Gasteiger partial charge in [0.15, 0.2) is 0 Å². The van der Waals surface area contributed by atoms with E-state index in [1.165, 1.54) is 0 Å². The molecule has 0 aromatic carbocycles. The normalized spacial score (nSPS) is 13.1. The lowest BCUT2D eigenvalue weighted by atomic mass is 10.4. The van der Waals surface area contributed by atoms with Crippen molar-refractivity contribution < 1.29 is 18.6 Å². The molecule has 5 heteroatoms. The van der Waals surface area contributed by atoms with Gasteiger partial charge in [0.1, 0.15) is 5.76 Å². The van der Waals surface area contributed by atoms with Crippen molar-refractivity contribution in [3.63, 3.8) is 0 Å². The standard InChI is InChI=1S/C14H30O4Si/c1-7-17-12-11-13(14(15-5)16-6)18-19(8-2,9-3)10-4/h11,14H,7-10,12H2,1-6H3/b13-11-. The monoisotopic (exact) mass is 290 g/mol. The Hall–Kier alpha value is -0.363. The number of ether oxygens (including phenoxy) is 3. The van der Waals surface area contributed by atoms with Crippen LogP contribution in [0, 0.1) is 0 Å². The third-order valence-corrected chi connectivity index (χ3v) is 8.07. The summed E-state index contributed by atoms with van der Waals surface area (Å²) in [6.07, 6.45) is 1.49. The molecule has 19 heavy (non-hydrogen) atoms. The van der Waals surface area contributed by atoms with Gasteiger partial charge in [0, 0.05) is 20.8 Å². The van der Waals surface area contributed by atoms with Gasteiger partial charge in [-0.05, 0) is 31.1 Å². The SMILES string of the molecule is CCOC/C=C(\O[Si](CC)(CC)CC)C(OC)OC. The van der Waals surface area contributed by atoms with E-state index in [4.69, 9.17) is 18.6 Å². The smallest absolute Gasteiger partial charge is 0.250 e. The summed E-state index contributed by atoms with van der Waals surface area (Å²) >= 11 is 0. The molecular weight excluding hydrogens is 260 g/mol. The quantitative estimate of drug-likeness (QED) is 0.252. The molecule has 0 heterocycles. The zero-order chi connectivity index (χ0) is 14.7. The van der Waals surface area contributed by atoms with Gasteiger partial charge >= 0.3 is 0 Å². The molecule has 4 nitrogen and oxygen atoms in total. The zero-order valence-corrected chi connectivity index (χ0v) is 14.3. The largest absolute Gasteiger partial charge is 0.543 e. The second-order valence-corrected chi connectivity index (χ2v) is 9.11. The van der Waals surface area contributed by atoms with E-state index < -0.39 is 14.6 Å². The zero-order valence-electron chi connectivity index (χ0n) is 13.3. The van der Waals surface area contributed by atoms with Crippen LogP contribution in [0.4, 0.5) is 0 Å². The summed E-state index contributed by atoms with van der Waals surface area (Å²) in [4.78, 5) is 0. The van der Waals surface area contributed by atoms with Gasteiger partial charge in [-0.3, -0.25) is 0 Å². The number of hydrogen-bond donors (Lipinski definition) is 0. The van der Waals surface area contributed by atoms with Gasteiger partial charge in [-0.25, -0.2) is 0 Å². The van der Waals surface area contributed by atoms with E-state index in [1.807, 2.05) is 13.0 Å². The summed E-state index contributed by atoms with van der Waals surface area (Å²) in [6, 6.07) is 3.27. The molecule has 0 aliphatic carbocycles. The maximum Gasteiger partial charge on any atom is 0.250 e. The lowest BCUT2D eigenvalue weighted by Gasteiger charge is -2.32. The Morgan fingerprint density at radius 1 is 1.00 bits per heavy atom. The predicted molar refractivity (Wildman–Crippen MR) is 80.7 cm³/mol. The van der Waals surface area contributed by atoms with Crippen LogP contribution in [0.3, 0.4) is 0 Å². The fourth-order valence-electron chi connectivity index (χ4n) is 1.99. The van der Waals surface area contributed by atoms with Crippen molar-refractivity contribution in [1.82, 2.24) is 0 Å². The highest BCUT2D eigenvalue weighted by atomic mass is 28.4. The highest BCUT2D eigenvalue weighted by molar-refractivity contribution is 6.73. The molecule has 0 aliphatic rings. The van der Waals surface area contributed by atoms with Gasteiger partial charge in [0.05, 0.1) is 6.61 Å². The number of methoxy groups -OCH3 is 2. The van der Waals surface area contributed by atoms with Crippen LogP contribution in [-0.2, 0) is 18.6 Å². The van der Waals surface area contributed by atoms with Gasteiger partial charge in [-0.1, -0.05) is 20.8 Å². The van der Waals surface area contributed by atoms with Gasteiger partial charge < -0.3 is 18.6 Å². The molecule has 0 rings (SSSR count). The predicted octanol–water partition coefficient (Wildman–Crippen LogP) is 3.55. The third kappa shape index (κ3) is 6.08. The summed E-state index contributed by atoms with van der Waals surface area (Å²) in [5, 5.41) is 0. The first-order chi connectivity index (χ1) is 9.12. The molecule has 114 valence electrons. The van der Waals surface area contributed by atoms with Gasteiger partial charge in [-0.15, -0.1) is 0 Å². The maximum atomic E-state index is 6.35. The second kappa shape index (κ2) is 10.4. The van der Waals surface area contributed by atoms with Gasteiger partial charge in [0.25, 0.3) is 0 Å². The van der Waals surface area contributed by atoms with Crippen LogP contribution in [0.5, 0.6) is 0 Å². The van der Waals surface area contributed by atoms with Gasteiger partial charge in [0.2, 0.25) is 14.6 Å².